The zero-order valence-electron chi connectivity index (χ0n) is 13.5. The highest BCUT2D eigenvalue weighted by Crippen LogP contribution is 2.22. The number of amides is 1. The van der Waals surface area contributed by atoms with Crippen molar-refractivity contribution in [2.24, 2.45) is 0 Å². The number of carbonyl (C=O) groups is 1. The number of rotatable bonds is 6. The summed E-state index contributed by atoms with van der Waals surface area (Å²) < 4.78 is 39.2. The molecule has 2 heterocycles. The first-order valence-electron chi connectivity index (χ1n) is 7.51. The fourth-order valence-electron chi connectivity index (χ4n) is 2.47. The minimum atomic E-state index is -4.95. The summed E-state index contributed by atoms with van der Waals surface area (Å²) in [5.74, 6) is -2.25. The number of halogens is 3. The number of alkyl halides is 3. The molecule has 0 fully saturated rings. The summed E-state index contributed by atoms with van der Waals surface area (Å²) in [6.45, 7) is 3.10. The van der Waals surface area contributed by atoms with Crippen LogP contribution in [-0.4, -0.2) is 49.1 Å². The van der Waals surface area contributed by atoms with Crippen molar-refractivity contribution < 1.29 is 22.9 Å². The number of nitrogens with zero attached hydrogens (tertiary/aromatic N) is 5. The van der Waals surface area contributed by atoms with E-state index in [2.05, 4.69) is 10.1 Å². The first-order chi connectivity index (χ1) is 11.6. The highest BCUT2D eigenvalue weighted by molar-refractivity contribution is 5.82. The van der Waals surface area contributed by atoms with E-state index in [-0.39, 0.29) is 24.4 Å². The molecule has 0 spiro atoms. The third-order valence-electron chi connectivity index (χ3n) is 3.59. The largest absolute Gasteiger partial charge is 0.471 e. The van der Waals surface area contributed by atoms with Crippen molar-refractivity contribution in [2.75, 3.05) is 6.54 Å². The summed E-state index contributed by atoms with van der Waals surface area (Å²) in [5, 5.41) is 15.0. The number of fused-ring (bicyclic) bond motifs is 1. The minimum Gasteiger partial charge on any atom is -0.358 e. The Labute approximate surface area is 140 Å². The fourth-order valence-corrected chi connectivity index (χ4v) is 2.47. The number of aromatic nitrogens is 3. The van der Waals surface area contributed by atoms with Gasteiger partial charge >= 0.3 is 17.9 Å². The molecule has 2 rings (SSSR count). The summed E-state index contributed by atoms with van der Waals surface area (Å²) in [4.78, 5) is 26.4. The zero-order valence-corrected chi connectivity index (χ0v) is 13.5. The van der Waals surface area contributed by atoms with Gasteiger partial charge in [0.15, 0.2) is 0 Å². The molecule has 0 aromatic carbocycles. The average Bonchev–Trinajstić information content (AvgIpc) is 2.94. The predicted octanol–water partition coefficient (Wildman–Crippen LogP) is 2.37. The van der Waals surface area contributed by atoms with Gasteiger partial charge in [0.1, 0.15) is 6.20 Å². The number of hydrogen-bond acceptors (Lipinski definition) is 5. The Hall–Kier alpha value is -2.72. The maximum absolute atomic E-state index is 12.7. The molecule has 1 amide bonds. The monoisotopic (exact) mass is 359 g/mol. The predicted molar refractivity (Wildman–Crippen MR) is 80.9 cm³/mol. The molecule has 25 heavy (non-hydrogen) atoms. The number of nitro groups is 1. The number of carbonyl (C=O) groups excluding carboxylic acids is 1. The Morgan fingerprint density at radius 1 is 1.44 bits per heavy atom. The van der Waals surface area contributed by atoms with Crippen LogP contribution in [0.3, 0.4) is 0 Å². The van der Waals surface area contributed by atoms with Crippen molar-refractivity contribution in [2.45, 2.75) is 38.9 Å². The van der Waals surface area contributed by atoms with Gasteiger partial charge in [-0.25, -0.2) is 4.98 Å². The lowest BCUT2D eigenvalue weighted by atomic mass is 10.1. The van der Waals surface area contributed by atoms with Crippen molar-refractivity contribution in [1.29, 1.82) is 0 Å². The first kappa shape index (κ1) is 18.6. The third kappa shape index (κ3) is 4.03. The van der Waals surface area contributed by atoms with Crippen LogP contribution in [0.15, 0.2) is 18.3 Å². The second kappa shape index (κ2) is 7.03. The van der Waals surface area contributed by atoms with Crippen molar-refractivity contribution in [3.8, 4) is 0 Å². The van der Waals surface area contributed by atoms with E-state index in [4.69, 9.17) is 0 Å². The van der Waals surface area contributed by atoms with Crippen LogP contribution in [-0.2, 0) is 11.2 Å². The topological polar surface area (TPSA) is 93.6 Å². The molecule has 2 aromatic heterocycles. The molecule has 0 radical (unpaired) electrons. The van der Waals surface area contributed by atoms with Gasteiger partial charge < -0.3 is 15.0 Å². The van der Waals surface area contributed by atoms with Crippen LogP contribution < -0.4 is 0 Å². The number of imidazole rings is 1. The van der Waals surface area contributed by atoms with Crippen molar-refractivity contribution in [3.63, 3.8) is 0 Å². The summed E-state index contributed by atoms with van der Waals surface area (Å²) >= 11 is 0. The van der Waals surface area contributed by atoms with E-state index in [0.29, 0.717) is 12.1 Å². The molecule has 2 aromatic rings. The van der Waals surface area contributed by atoms with Crippen molar-refractivity contribution in [1.82, 2.24) is 19.5 Å². The maximum Gasteiger partial charge on any atom is 0.471 e. The van der Waals surface area contributed by atoms with E-state index in [1.807, 2.05) is 0 Å². The Balaban J connectivity index is 2.27. The van der Waals surface area contributed by atoms with E-state index in [9.17, 15) is 28.1 Å². The molecule has 0 bridgehead atoms. The second-order valence-corrected chi connectivity index (χ2v) is 5.52. The van der Waals surface area contributed by atoms with Crippen molar-refractivity contribution in [3.05, 3.63) is 34.1 Å². The van der Waals surface area contributed by atoms with Crippen molar-refractivity contribution >= 4 is 17.4 Å². The highest BCUT2D eigenvalue weighted by Gasteiger charge is 2.43. The fraction of sp³-hybridized carbons (Fsp3) is 0.500. The molecular formula is C14H16F3N5O3. The van der Waals surface area contributed by atoms with Gasteiger partial charge in [-0.05, 0) is 24.3 Å². The Morgan fingerprint density at radius 3 is 2.68 bits per heavy atom. The van der Waals surface area contributed by atoms with Crippen LogP contribution in [0.1, 0.15) is 26.0 Å². The van der Waals surface area contributed by atoms with Crippen LogP contribution in [0.4, 0.5) is 19.0 Å². The second-order valence-electron chi connectivity index (χ2n) is 5.52. The summed E-state index contributed by atoms with van der Waals surface area (Å²) in [7, 11) is 0. The minimum absolute atomic E-state index is 0.0209. The summed E-state index contributed by atoms with van der Waals surface area (Å²) in [6, 6.07) is 2.23. The lowest BCUT2D eigenvalue weighted by Gasteiger charge is -2.29. The zero-order chi connectivity index (χ0) is 18.8. The van der Waals surface area contributed by atoms with Crippen LogP contribution in [0.2, 0.25) is 0 Å². The summed E-state index contributed by atoms with van der Waals surface area (Å²) in [6.07, 6.45) is -3.52. The molecule has 8 nitrogen and oxygen atoms in total. The Kier molecular flexibility index (Phi) is 5.24. The molecule has 136 valence electrons. The van der Waals surface area contributed by atoms with E-state index < -0.39 is 23.0 Å². The first-order valence-corrected chi connectivity index (χ1v) is 7.51. The molecule has 0 saturated carbocycles. The van der Waals surface area contributed by atoms with Gasteiger partial charge in [-0.3, -0.25) is 4.79 Å². The van der Waals surface area contributed by atoms with E-state index in [1.165, 1.54) is 19.1 Å². The standard InChI is InChI=1S/C14H16F3N5O3/c1-3-6-20(13(23)14(15,16)17)9(2)7-10-4-5-11-18-8-12(22(24)25)21(11)19-10/h4-5,8-9H,3,6-7H2,1-2H3. The van der Waals surface area contributed by atoms with Crippen LogP contribution in [0, 0.1) is 10.1 Å². The average molecular weight is 359 g/mol. The van der Waals surface area contributed by atoms with Gasteiger partial charge in [0.05, 0.1) is 5.69 Å². The molecule has 1 unspecified atom stereocenters. The molecule has 0 aliphatic carbocycles. The molecule has 0 aliphatic heterocycles. The Morgan fingerprint density at radius 2 is 2.12 bits per heavy atom. The summed E-state index contributed by atoms with van der Waals surface area (Å²) in [5.41, 5.74) is 0.567. The molecule has 0 aliphatic rings. The maximum atomic E-state index is 12.7. The highest BCUT2D eigenvalue weighted by atomic mass is 19.4. The van der Waals surface area contributed by atoms with Crippen LogP contribution in [0.25, 0.3) is 5.65 Å². The smallest absolute Gasteiger partial charge is 0.358 e. The van der Waals surface area contributed by atoms with Gasteiger partial charge in [-0.1, -0.05) is 16.5 Å². The normalized spacial score (nSPS) is 13.0. The van der Waals surface area contributed by atoms with E-state index >= 15 is 0 Å². The van der Waals surface area contributed by atoms with Gasteiger partial charge in [-0.15, -0.1) is 0 Å². The van der Waals surface area contributed by atoms with Gasteiger partial charge in [0, 0.05) is 25.1 Å². The molecule has 0 saturated heterocycles. The molecular weight excluding hydrogens is 343 g/mol. The van der Waals surface area contributed by atoms with Gasteiger partial charge in [0.2, 0.25) is 5.65 Å². The van der Waals surface area contributed by atoms with Gasteiger partial charge in [-0.2, -0.15) is 13.2 Å². The molecule has 0 N–H and O–H groups in total. The van der Waals surface area contributed by atoms with E-state index in [1.54, 1.807) is 6.92 Å². The van der Waals surface area contributed by atoms with Crippen LogP contribution in [0.5, 0.6) is 0 Å². The number of hydrogen-bond donors (Lipinski definition) is 0. The lowest BCUT2D eigenvalue weighted by Crippen LogP contribution is -2.47. The van der Waals surface area contributed by atoms with Crippen LogP contribution >= 0.6 is 0 Å². The molecule has 11 heteroatoms. The van der Waals surface area contributed by atoms with Gasteiger partial charge in [0.25, 0.3) is 0 Å². The Bertz CT molecular complexity index is 790. The quantitative estimate of drug-likeness (QED) is 0.583. The SMILES string of the molecule is CCCN(C(=O)C(F)(F)F)C(C)Cc1ccc2ncc([N+](=O)[O-])n2n1. The molecule has 1 atom stereocenters. The third-order valence-corrected chi connectivity index (χ3v) is 3.59. The van der Waals surface area contributed by atoms with E-state index in [0.717, 1.165) is 15.6 Å². The lowest BCUT2D eigenvalue weighted by molar-refractivity contribution is -0.391.